The number of hydrogen-bond donors (Lipinski definition) is 0. The van der Waals surface area contributed by atoms with Gasteiger partial charge in [0.2, 0.25) is 0 Å². The maximum Gasteiger partial charge on any atom is 0.338 e. The molecule has 1 aliphatic heterocycles. The lowest BCUT2D eigenvalue weighted by atomic mass is 9.98. The van der Waals surface area contributed by atoms with Crippen molar-refractivity contribution < 1.29 is 9.53 Å². The smallest absolute Gasteiger partial charge is 0.338 e. The zero-order valence-corrected chi connectivity index (χ0v) is 8.96. The summed E-state index contributed by atoms with van der Waals surface area (Å²) >= 11 is 0. The van der Waals surface area contributed by atoms with Crippen molar-refractivity contribution in [2.24, 2.45) is 0 Å². The number of rotatable bonds is 1. The third kappa shape index (κ3) is 2.59. The van der Waals surface area contributed by atoms with Crippen LogP contribution in [-0.4, -0.2) is 12.1 Å². The zero-order valence-electron chi connectivity index (χ0n) is 8.96. The second-order valence-electron chi connectivity index (χ2n) is 3.85. The molecule has 0 aromatic carbocycles. The minimum absolute atomic E-state index is 0.0427. The summed E-state index contributed by atoms with van der Waals surface area (Å²) in [6.45, 7) is 9.72. The molecule has 1 heterocycles. The number of cyclic esters (lactones) is 1. The molecular formula is C12H16O2. The summed E-state index contributed by atoms with van der Waals surface area (Å²) in [7, 11) is 0. The fourth-order valence-electron chi connectivity index (χ4n) is 1.33. The highest BCUT2D eigenvalue weighted by atomic mass is 16.5. The average Bonchev–Trinajstić information content (AvgIpc) is 2.01. The van der Waals surface area contributed by atoms with Crippen LogP contribution < -0.4 is 0 Å². The summed E-state index contributed by atoms with van der Waals surface area (Å²) in [6, 6.07) is 0. The predicted octanol–water partition coefficient (Wildman–Crippen LogP) is 2.77. The Kier molecular flexibility index (Phi) is 3.28. The molecule has 0 N–H and O–H groups in total. The van der Waals surface area contributed by atoms with Gasteiger partial charge < -0.3 is 4.74 Å². The van der Waals surface area contributed by atoms with Crippen LogP contribution in [0.2, 0.25) is 0 Å². The fourth-order valence-corrected chi connectivity index (χ4v) is 1.33. The highest BCUT2D eigenvalue weighted by molar-refractivity contribution is 5.94. The van der Waals surface area contributed by atoms with Gasteiger partial charge in [-0.2, -0.15) is 0 Å². The van der Waals surface area contributed by atoms with Crippen LogP contribution in [0.25, 0.3) is 0 Å². The van der Waals surface area contributed by atoms with Crippen LogP contribution in [0.15, 0.2) is 35.5 Å². The number of carbonyl (C=O) groups excluding carboxylic acids is 1. The second-order valence-corrected chi connectivity index (χ2v) is 3.85. The van der Waals surface area contributed by atoms with E-state index >= 15 is 0 Å². The first-order valence-corrected chi connectivity index (χ1v) is 4.75. The minimum Gasteiger partial charge on any atom is -0.459 e. The van der Waals surface area contributed by atoms with Crippen molar-refractivity contribution in [1.82, 2.24) is 0 Å². The van der Waals surface area contributed by atoms with Gasteiger partial charge in [-0.15, -0.1) is 0 Å². The van der Waals surface area contributed by atoms with Gasteiger partial charge in [-0.3, -0.25) is 0 Å². The summed E-state index contributed by atoms with van der Waals surface area (Å²) in [5.74, 6) is -0.258. The van der Waals surface area contributed by atoms with E-state index in [2.05, 4.69) is 6.58 Å². The molecule has 1 atom stereocenters. The number of carbonyl (C=O) groups is 1. The molecule has 0 saturated carbocycles. The Morgan fingerprint density at radius 3 is 2.71 bits per heavy atom. The van der Waals surface area contributed by atoms with Crippen molar-refractivity contribution in [1.29, 1.82) is 0 Å². The Morgan fingerprint density at radius 2 is 2.21 bits per heavy atom. The van der Waals surface area contributed by atoms with Crippen LogP contribution in [0.4, 0.5) is 0 Å². The molecule has 0 spiro atoms. The van der Waals surface area contributed by atoms with Crippen LogP contribution in [-0.2, 0) is 9.53 Å². The minimum atomic E-state index is -0.258. The standard InChI is InChI=1S/C12H16O2/c1-8(2)5-6-11-9(3)7-10(4)14-12(11)13/h5-6,10H,3,7H2,1-2,4H3/b11-6+. The topological polar surface area (TPSA) is 26.3 Å². The Hall–Kier alpha value is -1.31. The van der Waals surface area contributed by atoms with Gasteiger partial charge in [-0.25, -0.2) is 4.79 Å². The van der Waals surface area contributed by atoms with Crippen molar-refractivity contribution in [3.8, 4) is 0 Å². The summed E-state index contributed by atoms with van der Waals surface area (Å²) in [5.41, 5.74) is 2.62. The summed E-state index contributed by atoms with van der Waals surface area (Å²) < 4.78 is 5.10. The molecule has 2 heteroatoms. The molecule has 1 saturated heterocycles. The van der Waals surface area contributed by atoms with E-state index in [1.807, 2.05) is 26.8 Å². The summed E-state index contributed by atoms with van der Waals surface area (Å²) in [6.07, 6.45) is 4.37. The number of ether oxygens (including phenoxy) is 1. The molecule has 2 nitrogen and oxygen atoms in total. The van der Waals surface area contributed by atoms with Crippen LogP contribution in [0, 0.1) is 0 Å². The summed E-state index contributed by atoms with van der Waals surface area (Å²) in [4.78, 5) is 11.4. The van der Waals surface area contributed by atoms with Crippen molar-refractivity contribution in [2.75, 3.05) is 0 Å². The molecule has 0 radical (unpaired) electrons. The molecule has 0 bridgehead atoms. The fraction of sp³-hybridized carbons (Fsp3) is 0.417. The molecule has 14 heavy (non-hydrogen) atoms. The van der Waals surface area contributed by atoms with Crippen molar-refractivity contribution in [2.45, 2.75) is 33.3 Å². The number of hydrogen-bond acceptors (Lipinski definition) is 2. The van der Waals surface area contributed by atoms with E-state index < -0.39 is 0 Å². The molecule has 0 amide bonds. The van der Waals surface area contributed by atoms with Crippen molar-refractivity contribution in [3.63, 3.8) is 0 Å². The quantitative estimate of drug-likeness (QED) is 0.471. The Labute approximate surface area is 85.0 Å². The van der Waals surface area contributed by atoms with Crippen LogP contribution in [0.5, 0.6) is 0 Å². The first-order valence-electron chi connectivity index (χ1n) is 4.75. The van der Waals surface area contributed by atoms with E-state index in [4.69, 9.17) is 4.74 Å². The van der Waals surface area contributed by atoms with Gasteiger partial charge in [0.25, 0.3) is 0 Å². The molecule has 1 fully saturated rings. The predicted molar refractivity (Wildman–Crippen MR) is 56.8 cm³/mol. The van der Waals surface area contributed by atoms with Crippen molar-refractivity contribution >= 4 is 5.97 Å². The zero-order chi connectivity index (χ0) is 10.7. The molecule has 1 aliphatic rings. The first-order chi connectivity index (χ1) is 6.50. The van der Waals surface area contributed by atoms with Gasteiger partial charge >= 0.3 is 5.97 Å². The Bertz CT molecular complexity index is 297. The molecule has 0 aliphatic carbocycles. The van der Waals surface area contributed by atoms with E-state index in [1.165, 1.54) is 0 Å². The lowest BCUT2D eigenvalue weighted by Crippen LogP contribution is -2.24. The van der Waals surface area contributed by atoms with Gasteiger partial charge in [0.15, 0.2) is 0 Å². The normalized spacial score (nSPS) is 24.8. The van der Waals surface area contributed by atoms with Crippen molar-refractivity contribution in [3.05, 3.63) is 35.5 Å². The second kappa shape index (κ2) is 4.27. The maximum absolute atomic E-state index is 11.4. The SMILES string of the molecule is C=C1CC(C)OC(=O)/C1=C/C=C(C)C. The highest BCUT2D eigenvalue weighted by Crippen LogP contribution is 2.23. The molecule has 76 valence electrons. The van der Waals surface area contributed by atoms with E-state index in [-0.39, 0.29) is 12.1 Å². The third-order valence-corrected chi connectivity index (χ3v) is 2.03. The monoisotopic (exact) mass is 192 g/mol. The van der Waals surface area contributed by atoms with Crippen LogP contribution in [0.3, 0.4) is 0 Å². The van der Waals surface area contributed by atoms with Gasteiger partial charge in [0, 0.05) is 6.42 Å². The molecule has 1 unspecified atom stereocenters. The van der Waals surface area contributed by atoms with E-state index in [1.54, 1.807) is 6.08 Å². The van der Waals surface area contributed by atoms with Gasteiger partial charge in [-0.1, -0.05) is 18.2 Å². The molecular weight excluding hydrogens is 176 g/mol. The van der Waals surface area contributed by atoms with Gasteiger partial charge in [0.05, 0.1) is 5.57 Å². The van der Waals surface area contributed by atoms with Gasteiger partial charge in [0.1, 0.15) is 6.10 Å². The lowest BCUT2D eigenvalue weighted by molar-refractivity contribution is -0.144. The van der Waals surface area contributed by atoms with E-state index in [9.17, 15) is 4.79 Å². The Morgan fingerprint density at radius 1 is 1.57 bits per heavy atom. The molecule has 0 aromatic heterocycles. The summed E-state index contributed by atoms with van der Waals surface area (Å²) in [5, 5.41) is 0. The highest BCUT2D eigenvalue weighted by Gasteiger charge is 2.24. The van der Waals surface area contributed by atoms with E-state index in [0.29, 0.717) is 5.57 Å². The number of allylic oxidation sites excluding steroid dienone is 3. The molecule has 1 rings (SSSR count). The third-order valence-electron chi connectivity index (χ3n) is 2.03. The van der Waals surface area contributed by atoms with Crippen LogP contribution >= 0.6 is 0 Å². The maximum atomic E-state index is 11.4. The average molecular weight is 192 g/mol. The lowest BCUT2D eigenvalue weighted by Gasteiger charge is -2.22. The van der Waals surface area contributed by atoms with Crippen LogP contribution in [0.1, 0.15) is 27.2 Å². The first kappa shape index (κ1) is 10.8. The Balaban J connectivity index is 2.88. The van der Waals surface area contributed by atoms with Gasteiger partial charge in [-0.05, 0) is 32.4 Å². The molecule has 0 aromatic rings. The van der Waals surface area contributed by atoms with E-state index in [0.717, 1.165) is 17.6 Å². The number of esters is 1. The largest absolute Gasteiger partial charge is 0.459 e.